The van der Waals surface area contributed by atoms with E-state index in [2.05, 4.69) is 4.98 Å². The summed E-state index contributed by atoms with van der Waals surface area (Å²) in [6.45, 7) is 6.04. The normalized spacial score (nSPS) is 11.7. The number of aromatic nitrogens is 1. The molecule has 1 N–H and O–H groups in total. The fourth-order valence-corrected chi connectivity index (χ4v) is 2.92. The summed E-state index contributed by atoms with van der Waals surface area (Å²) in [7, 11) is 1.62. The zero-order valence-electron chi connectivity index (χ0n) is 15.5. The molecule has 0 saturated carbocycles. The quantitative estimate of drug-likeness (QED) is 0.824. The summed E-state index contributed by atoms with van der Waals surface area (Å²) in [6.07, 6.45) is 0.704. The average Bonchev–Trinajstić information content (AvgIpc) is 2.62. The molecule has 2 aromatic rings. The lowest BCUT2D eigenvalue weighted by atomic mass is 10.0. The molecule has 0 spiro atoms. The Labute approximate surface area is 153 Å². The van der Waals surface area contributed by atoms with Crippen LogP contribution in [0.4, 0.5) is 0 Å². The van der Waals surface area contributed by atoms with Crippen molar-refractivity contribution in [3.63, 3.8) is 0 Å². The van der Waals surface area contributed by atoms with Crippen LogP contribution < -0.4 is 4.74 Å². The van der Waals surface area contributed by atoms with Crippen LogP contribution in [0.25, 0.3) is 0 Å². The van der Waals surface area contributed by atoms with Crippen LogP contribution in [0, 0.1) is 6.92 Å². The number of carbonyl (C=O) groups is 2. The van der Waals surface area contributed by atoms with E-state index in [4.69, 9.17) is 9.84 Å². The number of aromatic carboxylic acids is 1. The van der Waals surface area contributed by atoms with Crippen molar-refractivity contribution in [3.05, 3.63) is 58.9 Å². The lowest BCUT2D eigenvalue weighted by Gasteiger charge is -2.28. The number of likely N-dealkylation sites (N-methyl/N-ethyl adjacent to an activating group) is 1. The van der Waals surface area contributed by atoms with Gasteiger partial charge in [0.1, 0.15) is 11.4 Å². The molecule has 0 radical (unpaired) electrons. The minimum atomic E-state index is -1.05. The molecule has 1 unspecified atom stereocenters. The second-order valence-electron chi connectivity index (χ2n) is 6.13. The van der Waals surface area contributed by atoms with E-state index in [1.54, 1.807) is 18.9 Å². The Morgan fingerprint density at radius 2 is 1.85 bits per heavy atom. The van der Waals surface area contributed by atoms with Gasteiger partial charge >= 0.3 is 5.97 Å². The third-order valence-electron chi connectivity index (χ3n) is 4.36. The van der Waals surface area contributed by atoms with Gasteiger partial charge in [0, 0.05) is 12.6 Å². The van der Waals surface area contributed by atoms with E-state index in [0.29, 0.717) is 18.7 Å². The van der Waals surface area contributed by atoms with Gasteiger partial charge in [-0.25, -0.2) is 9.78 Å². The third kappa shape index (κ3) is 4.39. The van der Waals surface area contributed by atoms with Gasteiger partial charge in [0.2, 0.25) is 0 Å². The highest BCUT2D eigenvalue weighted by Gasteiger charge is 2.22. The van der Waals surface area contributed by atoms with Crippen LogP contribution in [0.3, 0.4) is 0 Å². The molecule has 6 heteroatoms. The molecular formula is C20H24N2O4. The van der Waals surface area contributed by atoms with Gasteiger partial charge in [-0.15, -0.1) is 0 Å². The summed E-state index contributed by atoms with van der Waals surface area (Å²) in [5.41, 5.74) is 1.81. The van der Waals surface area contributed by atoms with Gasteiger partial charge in [0.15, 0.2) is 0 Å². The second-order valence-corrected chi connectivity index (χ2v) is 6.13. The van der Waals surface area contributed by atoms with E-state index < -0.39 is 5.97 Å². The molecule has 1 heterocycles. The van der Waals surface area contributed by atoms with Crippen molar-refractivity contribution >= 4 is 11.9 Å². The standard InChI is InChI=1S/C20H24N2O4/c1-5-22(13(2)12-15-6-8-16(26-4)9-7-15)19(23)18-11-10-17(20(24)25)14(3)21-18/h6-11,13H,5,12H2,1-4H3,(H,24,25). The largest absolute Gasteiger partial charge is 0.497 e. The molecule has 2 rings (SSSR count). The number of rotatable bonds is 7. The maximum atomic E-state index is 12.8. The second kappa shape index (κ2) is 8.47. The number of nitrogens with zero attached hydrogens (tertiary/aromatic N) is 2. The Hall–Kier alpha value is -2.89. The van der Waals surface area contributed by atoms with Crippen LogP contribution in [0.15, 0.2) is 36.4 Å². The van der Waals surface area contributed by atoms with Gasteiger partial charge in [-0.3, -0.25) is 4.79 Å². The van der Waals surface area contributed by atoms with Crippen molar-refractivity contribution in [3.8, 4) is 5.75 Å². The predicted octanol–water partition coefficient (Wildman–Crippen LogP) is 3.19. The molecule has 138 valence electrons. The van der Waals surface area contributed by atoms with Crippen molar-refractivity contribution in [2.24, 2.45) is 0 Å². The molecule has 0 bridgehead atoms. The first-order chi connectivity index (χ1) is 12.4. The van der Waals surface area contributed by atoms with Crippen LogP contribution >= 0.6 is 0 Å². The Balaban J connectivity index is 2.16. The predicted molar refractivity (Wildman–Crippen MR) is 98.8 cm³/mol. The monoisotopic (exact) mass is 356 g/mol. The number of carbonyl (C=O) groups excluding carboxylic acids is 1. The molecule has 0 aliphatic carbocycles. The van der Waals surface area contributed by atoms with Gasteiger partial charge in [-0.1, -0.05) is 12.1 Å². The van der Waals surface area contributed by atoms with Gasteiger partial charge < -0.3 is 14.7 Å². The number of carboxylic acid groups (broad SMARTS) is 1. The number of methoxy groups -OCH3 is 1. The van der Waals surface area contributed by atoms with Crippen molar-refractivity contribution in [1.29, 1.82) is 0 Å². The van der Waals surface area contributed by atoms with Gasteiger partial charge in [0.05, 0.1) is 18.4 Å². The highest BCUT2D eigenvalue weighted by atomic mass is 16.5. The van der Waals surface area contributed by atoms with Crippen molar-refractivity contribution in [2.45, 2.75) is 33.2 Å². The van der Waals surface area contributed by atoms with Crippen LogP contribution in [0.2, 0.25) is 0 Å². The summed E-state index contributed by atoms with van der Waals surface area (Å²) in [5, 5.41) is 9.10. The van der Waals surface area contributed by atoms with Gasteiger partial charge in [-0.05, 0) is 57.0 Å². The fraction of sp³-hybridized carbons (Fsp3) is 0.350. The molecule has 0 saturated heterocycles. The minimum Gasteiger partial charge on any atom is -0.497 e. The number of aryl methyl sites for hydroxylation is 1. The van der Waals surface area contributed by atoms with E-state index in [-0.39, 0.29) is 23.2 Å². The SMILES string of the molecule is CCN(C(=O)c1ccc(C(=O)O)c(C)n1)C(C)Cc1ccc(OC)cc1. The topological polar surface area (TPSA) is 79.7 Å². The number of amides is 1. The number of carboxylic acids is 1. The number of benzene rings is 1. The third-order valence-corrected chi connectivity index (χ3v) is 4.36. The maximum absolute atomic E-state index is 12.8. The number of hydrogen-bond donors (Lipinski definition) is 1. The molecule has 1 aromatic heterocycles. The lowest BCUT2D eigenvalue weighted by Crippen LogP contribution is -2.40. The molecule has 26 heavy (non-hydrogen) atoms. The Bertz CT molecular complexity index is 787. The van der Waals surface area contributed by atoms with Crippen LogP contribution in [-0.4, -0.2) is 46.6 Å². The van der Waals surface area contributed by atoms with Crippen LogP contribution in [-0.2, 0) is 6.42 Å². The molecule has 0 aliphatic rings. The lowest BCUT2D eigenvalue weighted by molar-refractivity contribution is 0.0680. The van der Waals surface area contributed by atoms with E-state index in [0.717, 1.165) is 11.3 Å². The van der Waals surface area contributed by atoms with Gasteiger partial charge in [0.25, 0.3) is 5.91 Å². The molecular weight excluding hydrogens is 332 g/mol. The highest BCUT2D eigenvalue weighted by Crippen LogP contribution is 2.16. The summed E-state index contributed by atoms with van der Waals surface area (Å²) < 4.78 is 5.16. The maximum Gasteiger partial charge on any atom is 0.337 e. The zero-order valence-corrected chi connectivity index (χ0v) is 15.5. The van der Waals surface area contributed by atoms with E-state index in [9.17, 15) is 9.59 Å². The summed E-state index contributed by atoms with van der Waals surface area (Å²) in [4.78, 5) is 29.9. The first kappa shape index (κ1) is 19.4. The Morgan fingerprint density at radius 3 is 2.35 bits per heavy atom. The molecule has 1 amide bonds. The number of ether oxygens (including phenoxy) is 1. The molecule has 0 fully saturated rings. The van der Waals surface area contributed by atoms with Gasteiger partial charge in [-0.2, -0.15) is 0 Å². The van der Waals surface area contributed by atoms with E-state index >= 15 is 0 Å². The highest BCUT2D eigenvalue weighted by molar-refractivity contribution is 5.94. The average molecular weight is 356 g/mol. The van der Waals surface area contributed by atoms with Crippen LogP contribution in [0.1, 0.15) is 46.0 Å². The number of hydrogen-bond acceptors (Lipinski definition) is 4. The smallest absolute Gasteiger partial charge is 0.337 e. The molecule has 1 atom stereocenters. The summed E-state index contributed by atoms with van der Waals surface area (Å²) >= 11 is 0. The van der Waals surface area contributed by atoms with E-state index in [1.807, 2.05) is 38.1 Å². The first-order valence-electron chi connectivity index (χ1n) is 8.52. The number of pyridine rings is 1. The van der Waals surface area contributed by atoms with E-state index in [1.165, 1.54) is 12.1 Å². The Morgan fingerprint density at radius 1 is 1.19 bits per heavy atom. The van der Waals surface area contributed by atoms with Crippen molar-refractivity contribution in [1.82, 2.24) is 9.88 Å². The molecule has 6 nitrogen and oxygen atoms in total. The summed E-state index contributed by atoms with van der Waals surface area (Å²) in [5.74, 6) is -0.453. The minimum absolute atomic E-state index is 0.0258. The summed E-state index contributed by atoms with van der Waals surface area (Å²) in [6, 6.07) is 10.6. The van der Waals surface area contributed by atoms with Crippen molar-refractivity contribution in [2.75, 3.05) is 13.7 Å². The van der Waals surface area contributed by atoms with Crippen molar-refractivity contribution < 1.29 is 19.4 Å². The zero-order chi connectivity index (χ0) is 19.3. The Kier molecular flexibility index (Phi) is 6.33. The molecule has 0 aliphatic heterocycles. The first-order valence-corrected chi connectivity index (χ1v) is 8.52. The van der Waals surface area contributed by atoms with Crippen LogP contribution in [0.5, 0.6) is 5.75 Å². The fourth-order valence-electron chi connectivity index (χ4n) is 2.92. The molecule has 1 aromatic carbocycles.